The van der Waals surface area contributed by atoms with Gasteiger partial charge in [0.2, 0.25) is 5.91 Å². The molecule has 0 bridgehead atoms. The van der Waals surface area contributed by atoms with Gasteiger partial charge in [0, 0.05) is 17.8 Å². The fourth-order valence-electron chi connectivity index (χ4n) is 1.71. The van der Waals surface area contributed by atoms with Gasteiger partial charge >= 0.3 is 0 Å². The quantitative estimate of drug-likeness (QED) is 0.779. The molecule has 0 atom stereocenters. The van der Waals surface area contributed by atoms with Crippen molar-refractivity contribution in [2.24, 2.45) is 5.92 Å². The number of aromatic nitrogens is 1. The molecule has 1 heterocycles. The third kappa shape index (κ3) is 3.14. The summed E-state index contributed by atoms with van der Waals surface area (Å²) in [5.74, 6) is 0.434. The molecule has 1 fully saturated rings. The number of nitrogens with zero attached hydrogens (tertiary/aromatic N) is 1. The molecule has 0 saturated heterocycles. The molecule has 0 aliphatic heterocycles. The number of carbonyl (C=O) groups is 1. The molecule has 1 saturated carbocycles. The van der Waals surface area contributed by atoms with Crippen molar-refractivity contribution >= 4 is 11.6 Å². The van der Waals surface area contributed by atoms with Gasteiger partial charge in [0.1, 0.15) is 0 Å². The third-order valence-electron chi connectivity index (χ3n) is 2.92. The topological polar surface area (TPSA) is 62.2 Å². The lowest BCUT2D eigenvalue weighted by Gasteiger charge is -2.07. The predicted octanol–water partition coefficient (Wildman–Crippen LogP) is 1.87. The van der Waals surface area contributed by atoms with E-state index in [-0.39, 0.29) is 12.5 Å². The number of hydrogen-bond donors (Lipinski definition) is 2. The number of pyridine rings is 1. The third-order valence-corrected chi connectivity index (χ3v) is 2.92. The second-order valence-corrected chi connectivity index (χ2v) is 4.34. The zero-order chi connectivity index (χ0) is 12.3. The van der Waals surface area contributed by atoms with E-state index in [1.807, 2.05) is 6.92 Å². The molecule has 0 aromatic carbocycles. The molecule has 17 heavy (non-hydrogen) atoms. The molecule has 1 aliphatic carbocycles. The van der Waals surface area contributed by atoms with Crippen LogP contribution in [0.4, 0.5) is 5.69 Å². The van der Waals surface area contributed by atoms with E-state index in [4.69, 9.17) is 5.11 Å². The Morgan fingerprint density at radius 2 is 2.41 bits per heavy atom. The first-order valence-electron chi connectivity index (χ1n) is 5.73. The summed E-state index contributed by atoms with van der Waals surface area (Å²) in [4.78, 5) is 15.7. The summed E-state index contributed by atoms with van der Waals surface area (Å²) in [6.07, 6.45) is 7.14. The average Bonchev–Trinajstić information content (AvgIpc) is 3.13. The minimum Gasteiger partial charge on any atom is -0.392 e. The maximum atomic E-state index is 11.7. The van der Waals surface area contributed by atoms with Crippen LogP contribution in [-0.2, 0) is 11.4 Å². The summed E-state index contributed by atoms with van der Waals surface area (Å²) >= 11 is 0. The van der Waals surface area contributed by atoms with Gasteiger partial charge in [-0.3, -0.25) is 9.78 Å². The Labute approximate surface area is 100 Å². The van der Waals surface area contributed by atoms with Gasteiger partial charge in [-0.15, -0.1) is 0 Å². The highest BCUT2D eigenvalue weighted by molar-refractivity contribution is 6.00. The molecule has 1 aromatic heterocycles. The number of rotatable bonds is 4. The molecule has 90 valence electrons. The van der Waals surface area contributed by atoms with Crippen molar-refractivity contribution in [3.05, 3.63) is 35.7 Å². The van der Waals surface area contributed by atoms with Gasteiger partial charge in [-0.25, -0.2) is 0 Å². The molecule has 2 rings (SSSR count). The maximum Gasteiger partial charge on any atom is 0.248 e. The average molecular weight is 232 g/mol. The molecule has 1 amide bonds. The van der Waals surface area contributed by atoms with Gasteiger partial charge in [0.05, 0.1) is 18.5 Å². The van der Waals surface area contributed by atoms with Gasteiger partial charge in [0.25, 0.3) is 0 Å². The van der Waals surface area contributed by atoms with Crippen molar-refractivity contribution in [1.82, 2.24) is 4.98 Å². The van der Waals surface area contributed by atoms with E-state index < -0.39 is 0 Å². The minimum absolute atomic E-state index is 0.108. The fourth-order valence-corrected chi connectivity index (χ4v) is 1.71. The summed E-state index contributed by atoms with van der Waals surface area (Å²) < 4.78 is 0. The van der Waals surface area contributed by atoms with E-state index in [1.54, 1.807) is 24.5 Å². The van der Waals surface area contributed by atoms with Gasteiger partial charge < -0.3 is 10.4 Å². The Morgan fingerprint density at radius 1 is 1.65 bits per heavy atom. The number of carbonyl (C=O) groups excluding carboxylic acids is 1. The van der Waals surface area contributed by atoms with Crippen LogP contribution < -0.4 is 5.32 Å². The minimum atomic E-state index is -0.155. The van der Waals surface area contributed by atoms with Crippen LogP contribution in [0.25, 0.3) is 0 Å². The summed E-state index contributed by atoms with van der Waals surface area (Å²) in [6, 6.07) is 1.69. The number of nitrogens with one attached hydrogen (secondary N) is 1. The van der Waals surface area contributed by atoms with Crippen LogP contribution >= 0.6 is 0 Å². The van der Waals surface area contributed by atoms with Crippen LogP contribution in [0.5, 0.6) is 0 Å². The molecule has 2 N–H and O–H groups in total. The second kappa shape index (κ2) is 5.10. The van der Waals surface area contributed by atoms with Crippen LogP contribution in [0.3, 0.4) is 0 Å². The first-order chi connectivity index (χ1) is 8.20. The van der Waals surface area contributed by atoms with E-state index in [1.165, 1.54) is 12.8 Å². The zero-order valence-electron chi connectivity index (χ0n) is 9.81. The van der Waals surface area contributed by atoms with Crippen molar-refractivity contribution in [2.45, 2.75) is 26.4 Å². The standard InChI is InChI=1S/C13H16N2O2/c1-9(10-2-3-10)6-13(17)15-12-7-14-5-4-11(12)8-16/h4-7,10,16H,2-3,8H2,1H3,(H,15,17)/b9-6-. The van der Waals surface area contributed by atoms with Crippen LogP contribution in [0.1, 0.15) is 25.3 Å². The first-order valence-corrected chi connectivity index (χ1v) is 5.73. The Balaban J connectivity index is 2.04. The van der Waals surface area contributed by atoms with E-state index >= 15 is 0 Å². The van der Waals surface area contributed by atoms with E-state index in [0.717, 1.165) is 5.57 Å². The van der Waals surface area contributed by atoms with Gasteiger partial charge in [-0.2, -0.15) is 0 Å². The summed E-state index contributed by atoms with van der Waals surface area (Å²) in [5, 5.41) is 11.9. The van der Waals surface area contributed by atoms with Crippen LogP contribution in [-0.4, -0.2) is 16.0 Å². The van der Waals surface area contributed by atoms with Crippen molar-refractivity contribution < 1.29 is 9.90 Å². The lowest BCUT2D eigenvalue weighted by Crippen LogP contribution is -2.11. The molecule has 4 nitrogen and oxygen atoms in total. The Kier molecular flexibility index (Phi) is 3.54. The molecule has 0 spiro atoms. The van der Waals surface area contributed by atoms with Crippen molar-refractivity contribution in [1.29, 1.82) is 0 Å². The van der Waals surface area contributed by atoms with Crippen LogP contribution in [0, 0.1) is 5.92 Å². The molecule has 4 heteroatoms. The number of anilines is 1. The second-order valence-electron chi connectivity index (χ2n) is 4.34. The number of allylic oxidation sites excluding steroid dienone is 1. The number of amides is 1. The lowest BCUT2D eigenvalue weighted by atomic mass is 10.2. The van der Waals surface area contributed by atoms with Gasteiger partial charge in [-0.1, -0.05) is 5.57 Å². The molecule has 1 aliphatic rings. The summed E-state index contributed by atoms with van der Waals surface area (Å²) in [5.41, 5.74) is 2.36. The molecule has 1 aromatic rings. The largest absolute Gasteiger partial charge is 0.392 e. The Hall–Kier alpha value is -1.68. The van der Waals surface area contributed by atoms with Gasteiger partial charge in [0.15, 0.2) is 0 Å². The molecular formula is C13H16N2O2. The Morgan fingerprint density at radius 3 is 3.06 bits per heavy atom. The highest BCUT2D eigenvalue weighted by Gasteiger charge is 2.23. The molecule has 0 radical (unpaired) electrons. The fraction of sp³-hybridized carbons (Fsp3) is 0.385. The van der Waals surface area contributed by atoms with Crippen LogP contribution in [0.15, 0.2) is 30.1 Å². The lowest BCUT2D eigenvalue weighted by molar-refractivity contribution is -0.112. The Bertz CT molecular complexity index is 450. The maximum absolute atomic E-state index is 11.7. The molecule has 0 unspecified atom stereocenters. The van der Waals surface area contributed by atoms with Crippen LogP contribution in [0.2, 0.25) is 0 Å². The number of aliphatic hydroxyl groups excluding tert-OH is 1. The number of hydrogen-bond acceptors (Lipinski definition) is 3. The van der Waals surface area contributed by atoms with E-state index in [9.17, 15) is 4.79 Å². The predicted molar refractivity (Wildman–Crippen MR) is 65.3 cm³/mol. The smallest absolute Gasteiger partial charge is 0.248 e. The summed E-state index contributed by atoms with van der Waals surface area (Å²) in [7, 11) is 0. The van der Waals surface area contributed by atoms with Crippen molar-refractivity contribution in [2.75, 3.05) is 5.32 Å². The van der Waals surface area contributed by atoms with Crippen molar-refractivity contribution in [3.63, 3.8) is 0 Å². The SMILES string of the molecule is C/C(=C/C(=O)Nc1cnccc1CO)C1CC1. The van der Waals surface area contributed by atoms with E-state index in [2.05, 4.69) is 10.3 Å². The highest BCUT2D eigenvalue weighted by atomic mass is 16.3. The van der Waals surface area contributed by atoms with E-state index in [0.29, 0.717) is 17.2 Å². The normalized spacial score (nSPS) is 15.8. The highest BCUT2D eigenvalue weighted by Crippen LogP contribution is 2.35. The molecular weight excluding hydrogens is 216 g/mol. The first kappa shape index (κ1) is 11.8. The number of aliphatic hydroxyl groups is 1. The summed E-state index contributed by atoms with van der Waals surface area (Å²) in [6.45, 7) is 1.87. The zero-order valence-corrected chi connectivity index (χ0v) is 9.81. The van der Waals surface area contributed by atoms with Gasteiger partial charge in [-0.05, 0) is 31.7 Å². The van der Waals surface area contributed by atoms with Crippen molar-refractivity contribution in [3.8, 4) is 0 Å². The monoisotopic (exact) mass is 232 g/mol.